The van der Waals surface area contributed by atoms with Crippen molar-refractivity contribution in [3.05, 3.63) is 46.7 Å². The SMILES string of the molecule is CCC(CC)(CN)NC(=O)c1cn(-c2ccc(Cl)cc2)nc1C.Cl. The zero-order valence-electron chi connectivity index (χ0n) is 14.2. The Morgan fingerprint density at radius 1 is 1.29 bits per heavy atom. The van der Waals surface area contributed by atoms with E-state index in [0.717, 1.165) is 18.5 Å². The van der Waals surface area contributed by atoms with Crippen molar-refractivity contribution in [2.24, 2.45) is 5.73 Å². The molecule has 1 aromatic heterocycles. The summed E-state index contributed by atoms with van der Waals surface area (Å²) in [6.45, 7) is 6.29. The van der Waals surface area contributed by atoms with Gasteiger partial charge in [0.2, 0.25) is 0 Å². The third-order valence-corrected chi connectivity index (χ3v) is 4.61. The molecule has 132 valence electrons. The highest BCUT2D eigenvalue weighted by molar-refractivity contribution is 6.30. The van der Waals surface area contributed by atoms with E-state index >= 15 is 0 Å². The van der Waals surface area contributed by atoms with Crippen LogP contribution < -0.4 is 11.1 Å². The number of benzene rings is 1. The smallest absolute Gasteiger partial charge is 0.255 e. The molecule has 0 spiro atoms. The maximum atomic E-state index is 12.6. The van der Waals surface area contributed by atoms with E-state index in [-0.39, 0.29) is 23.9 Å². The first-order valence-electron chi connectivity index (χ1n) is 7.79. The highest BCUT2D eigenvalue weighted by Crippen LogP contribution is 2.18. The number of halogens is 2. The lowest BCUT2D eigenvalue weighted by Crippen LogP contribution is -2.52. The summed E-state index contributed by atoms with van der Waals surface area (Å²) >= 11 is 5.90. The molecule has 0 atom stereocenters. The van der Waals surface area contributed by atoms with E-state index in [1.807, 2.05) is 32.9 Å². The van der Waals surface area contributed by atoms with Crippen LogP contribution in [0.25, 0.3) is 5.69 Å². The summed E-state index contributed by atoms with van der Waals surface area (Å²) in [5, 5.41) is 8.15. The van der Waals surface area contributed by atoms with Crippen molar-refractivity contribution in [1.29, 1.82) is 0 Å². The largest absolute Gasteiger partial charge is 0.345 e. The Balaban J connectivity index is 0.00000288. The van der Waals surface area contributed by atoms with Gasteiger partial charge in [-0.15, -0.1) is 12.4 Å². The number of amides is 1. The highest BCUT2D eigenvalue weighted by atomic mass is 35.5. The first-order valence-corrected chi connectivity index (χ1v) is 8.17. The van der Waals surface area contributed by atoms with Gasteiger partial charge in [-0.1, -0.05) is 25.4 Å². The van der Waals surface area contributed by atoms with E-state index in [9.17, 15) is 4.79 Å². The highest BCUT2D eigenvalue weighted by Gasteiger charge is 2.28. The molecule has 0 saturated heterocycles. The van der Waals surface area contributed by atoms with Crippen molar-refractivity contribution in [3.63, 3.8) is 0 Å². The summed E-state index contributed by atoms with van der Waals surface area (Å²) in [7, 11) is 0. The molecule has 3 N–H and O–H groups in total. The maximum Gasteiger partial charge on any atom is 0.255 e. The van der Waals surface area contributed by atoms with E-state index in [0.29, 0.717) is 22.8 Å². The van der Waals surface area contributed by atoms with Crippen molar-refractivity contribution in [2.75, 3.05) is 6.54 Å². The van der Waals surface area contributed by atoms with Crippen molar-refractivity contribution in [3.8, 4) is 5.69 Å². The number of nitrogens with two attached hydrogens (primary N) is 1. The summed E-state index contributed by atoms with van der Waals surface area (Å²) in [6.07, 6.45) is 3.31. The van der Waals surface area contributed by atoms with Gasteiger partial charge >= 0.3 is 0 Å². The molecule has 24 heavy (non-hydrogen) atoms. The first-order chi connectivity index (χ1) is 10.9. The molecule has 0 fully saturated rings. The van der Waals surface area contributed by atoms with Crippen LogP contribution in [0.5, 0.6) is 0 Å². The maximum absolute atomic E-state index is 12.6. The van der Waals surface area contributed by atoms with Crippen molar-refractivity contribution in [1.82, 2.24) is 15.1 Å². The molecule has 1 aromatic carbocycles. The predicted molar refractivity (Wildman–Crippen MR) is 100 cm³/mol. The molecular formula is C17H24Cl2N4O. The van der Waals surface area contributed by atoms with E-state index in [2.05, 4.69) is 10.4 Å². The van der Waals surface area contributed by atoms with Gasteiger partial charge in [-0.05, 0) is 44.0 Å². The molecule has 1 heterocycles. The summed E-state index contributed by atoms with van der Waals surface area (Å²) in [5.41, 5.74) is 7.57. The second-order valence-electron chi connectivity index (χ2n) is 5.69. The molecule has 0 unspecified atom stereocenters. The van der Waals surface area contributed by atoms with E-state index in [1.54, 1.807) is 23.0 Å². The van der Waals surface area contributed by atoms with Crippen LogP contribution in [0, 0.1) is 6.92 Å². The number of rotatable bonds is 6. The fraction of sp³-hybridized carbons (Fsp3) is 0.412. The third kappa shape index (κ3) is 4.29. The third-order valence-electron chi connectivity index (χ3n) is 4.36. The number of aryl methyl sites for hydroxylation is 1. The standard InChI is InChI=1S/C17H23ClN4O.ClH/c1-4-17(5-2,11-19)20-16(23)15-10-22(21-12(15)3)14-8-6-13(18)7-9-14;/h6-10H,4-5,11,19H2,1-3H3,(H,20,23);1H. The number of nitrogens with zero attached hydrogens (tertiary/aromatic N) is 2. The normalized spacial score (nSPS) is 11.0. The second-order valence-corrected chi connectivity index (χ2v) is 6.13. The zero-order chi connectivity index (χ0) is 17.0. The van der Waals surface area contributed by atoms with Crippen LogP contribution in [0.1, 0.15) is 42.7 Å². The summed E-state index contributed by atoms with van der Waals surface area (Å²) in [6, 6.07) is 7.31. The van der Waals surface area contributed by atoms with Crippen LogP contribution in [0.4, 0.5) is 0 Å². The van der Waals surface area contributed by atoms with Gasteiger partial charge in [0, 0.05) is 17.8 Å². The topological polar surface area (TPSA) is 72.9 Å². The molecule has 7 heteroatoms. The molecule has 5 nitrogen and oxygen atoms in total. The average Bonchev–Trinajstić information content (AvgIpc) is 2.95. The van der Waals surface area contributed by atoms with Crippen molar-refractivity contribution >= 4 is 29.9 Å². The number of aromatic nitrogens is 2. The minimum Gasteiger partial charge on any atom is -0.345 e. The number of hydrogen-bond acceptors (Lipinski definition) is 3. The van der Waals surface area contributed by atoms with E-state index in [1.165, 1.54) is 0 Å². The monoisotopic (exact) mass is 370 g/mol. The fourth-order valence-electron chi connectivity index (χ4n) is 2.48. The van der Waals surface area contributed by atoms with E-state index in [4.69, 9.17) is 17.3 Å². The quantitative estimate of drug-likeness (QED) is 0.816. The lowest BCUT2D eigenvalue weighted by Gasteiger charge is -2.31. The fourth-order valence-corrected chi connectivity index (χ4v) is 2.61. The van der Waals surface area contributed by atoms with Gasteiger partial charge in [-0.2, -0.15) is 5.10 Å². The molecule has 0 aliphatic rings. The molecule has 1 amide bonds. The lowest BCUT2D eigenvalue weighted by molar-refractivity contribution is 0.0894. The summed E-state index contributed by atoms with van der Waals surface area (Å²) in [5.74, 6) is -0.142. The first kappa shape index (κ1) is 20.5. The Kier molecular flexibility index (Phi) is 7.27. The molecule has 0 saturated carbocycles. The van der Waals surface area contributed by atoms with Crippen molar-refractivity contribution in [2.45, 2.75) is 39.2 Å². The Morgan fingerprint density at radius 3 is 2.38 bits per heavy atom. The van der Waals surface area contributed by atoms with Crippen LogP contribution in [0.2, 0.25) is 5.02 Å². The second kappa shape index (κ2) is 8.51. The molecule has 2 rings (SSSR count). The van der Waals surface area contributed by atoms with Crippen LogP contribution in [-0.2, 0) is 0 Å². The van der Waals surface area contributed by atoms with Gasteiger partial charge in [0.1, 0.15) is 0 Å². The number of carbonyl (C=O) groups is 1. The average molecular weight is 371 g/mol. The van der Waals surface area contributed by atoms with Crippen LogP contribution >= 0.6 is 24.0 Å². The predicted octanol–water partition coefficient (Wildman–Crippen LogP) is 3.50. The molecule has 0 aliphatic heterocycles. The Labute approximate surface area is 154 Å². The molecule has 0 bridgehead atoms. The molecule has 0 aliphatic carbocycles. The van der Waals surface area contributed by atoms with Gasteiger partial charge in [0.25, 0.3) is 5.91 Å². The van der Waals surface area contributed by atoms with Gasteiger partial charge in [-0.25, -0.2) is 4.68 Å². The summed E-state index contributed by atoms with van der Waals surface area (Å²) in [4.78, 5) is 12.6. The van der Waals surface area contributed by atoms with Gasteiger partial charge < -0.3 is 11.1 Å². The van der Waals surface area contributed by atoms with Crippen LogP contribution in [0.15, 0.2) is 30.5 Å². The van der Waals surface area contributed by atoms with Crippen LogP contribution in [0.3, 0.4) is 0 Å². The number of nitrogens with one attached hydrogen (secondary N) is 1. The van der Waals surface area contributed by atoms with Crippen molar-refractivity contribution < 1.29 is 4.79 Å². The minimum atomic E-state index is -0.369. The Hall–Kier alpha value is -1.56. The van der Waals surface area contributed by atoms with Gasteiger partial charge in [0.05, 0.1) is 22.5 Å². The van der Waals surface area contributed by atoms with Gasteiger partial charge in [0.15, 0.2) is 0 Å². The number of hydrogen-bond donors (Lipinski definition) is 2. The van der Waals surface area contributed by atoms with Gasteiger partial charge in [-0.3, -0.25) is 4.79 Å². The minimum absolute atomic E-state index is 0. The zero-order valence-corrected chi connectivity index (χ0v) is 15.7. The molecule has 2 aromatic rings. The van der Waals surface area contributed by atoms with Crippen LogP contribution in [-0.4, -0.2) is 27.8 Å². The lowest BCUT2D eigenvalue weighted by atomic mass is 9.92. The Bertz CT molecular complexity index is 670. The Morgan fingerprint density at radius 2 is 1.88 bits per heavy atom. The molecule has 0 radical (unpaired) electrons. The molecular weight excluding hydrogens is 347 g/mol. The summed E-state index contributed by atoms with van der Waals surface area (Å²) < 4.78 is 1.68. The van der Waals surface area contributed by atoms with E-state index < -0.39 is 0 Å². The number of carbonyl (C=O) groups excluding carboxylic acids is 1.